The van der Waals surface area contributed by atoms with Crippen molar-refractivity contribution < 1.29 is 18.8 Å². The fraction of sp³-hybridized carbons (Fsp3) is 0.133. The van der Waals surface area contributed by atoms with Gasteiger partial charge in [-0.3, -0.25) is 9.63 Å². The van der Waals surface area contributed by atoms with Gasteiger partial charge in [0.15, 0.2) is 6.61 Å². The Bertz CT molecular complexity index is 607. The highest BCUT2D eigenvalue weighted by molar-refractivity contribution is 6.32. The standard InChI is InChI=1S/C15H13ClFNO3/c16-13-8-12(17)6-7-14(13)20-10-15(19)18-21-9-11-4-2-1-3-5-11/h1-8H,9-10H2,(H,18,19). The molecular weight excluding hydrogens is 297 g/mol. The van der Waals surface area contributed by atoms with E-state index in [2.05, 4.69) is 5.48 Å². The lowest BCUT2D eigenvalue weighted by Crippen LogP contribution is -2.29. The molecule has 6 heteroatoms. The molecule has 0 saturated heterocycles. The Labute approximate surface area is 126 Å². The SMILES string of the molecule is O=C(COc1ccc(F)cc1Cl)NOCc1ccccc1. The smallest absolute Gasteiger partial charge is 0.281 e. The average Bonchev–Trinajstić information content (AvgIpc) is 2.47. The summed E-state index contributed by atoms with van der Waals surface area (Å²) in [5, 5.41) is 0.105. The minimum absolute atomic E-state index is 0.105. The molecule has 4 nitrogen and oxygen atoms in total. The molecule has 0 bridgehead atoms. The van der Waals surface area contributed by atoms with E-state index in [4.69, 9.17) is 21.2 Å². The molecule has 2 rings (SSSR count). The second kappa shape index (κ2) is 7.61. The third-order valence-corrected chi connectivity index (χ3v) is 2.82. The highest BCUT2D eigenvalue weighted by atomic mass is 35.5. The van der Waals surface area contributed by atoms with Gasteiger partial charge in [0.1, 0.15) is 11.6 Å². The Morgan fingerprint density at radius 3 is 2.67 bits per heavy atom. The Morgan fingerprint density at radius 1 is 1.19 bits per heavy atom. The molecule has 110 valence electrons. The number of rotatable bonds is 6. The number of carbonyl (C=O) groups is 1. The van der Waals surface area contributed by atoms with Crippen LogP contribution in [0.5, 0.6) is 5.75 Å². The molecule has 2 aromatic rings. The minimum Gasteiger partial charge on any atom is -0.482 e. The lowest BCUT2D eigenvalue weighted by atomic mass is 10.2. The van der Waals surface area contributed by atoms with Gasteiger partial charge in [-0.1, -0.05) is 41.9 Å². The van der Waals surface area contributed by atoms with Crippen LogP contribution in [-0.4, -0.2) is 12.5 Å². The summed E-state index contributed by atoms with van der Waals surface area (Å²) in [6.45, 7) is -0.0238. The van der Waals surface area contributed by atoms with Crippen molar-refractivity contribution in [2.45, 2.75) is 6.61 Å². The molecule has 0 radical (unpaired) electrons. The van der Waals surface area contributed by atoms with E-state index in [-0.39, 0.29) is 24.0 Å². The summed E-state index contributed by atoms with van der Waals surface area (Å²) in [4.78, 5) is 16.6. The maximum atomic E-state index is 12.8. The third kappa shape index (κ3) is 5.06. The number of benzene rings is 2. The van der Waals surface area contributed by atoms with Gasteiger partial charge < -0.3 is 4.74 Å². The molecule has 21 heavy (non-hydrogen) atoms. The van der Waals surface area contributed by atoms with Gasteiger partial charge in [-0.15, -0.1) is 0 Å². The number of ether oxygens (including phenoxy) is 1. The van der Waals surface area contributed by atoms with E-state index in [1.807, 2.05) is 30.3 Å². The van der Waals surface area contributed by atoms with Crippen LogP contribution in [0.4, 0.5) is 4.39 Å². The lowest BCUT2D eigenvalue weighted by molar-refractivity contribution is -0.136. The van der Waals surface area contributed by atoms with Crippen LogP contribution in [0.2, 0.25) is 5.02 Å². The van der Waals surface area contributed by atoms with Crippen LogP contribution in [0.25, 0.3) is 0 Å². The van der Waals surface area contributed by atoms with Crippen LogP contribution in [0.15, 0.2) is 48.5 Å². The van der Waals surface area contributed by atoms with Crippen molar-refractivity contribution in [2.75, 3.05) is 6.61 Å². The molecule has 0 fully saturated rings. The fourth-order valence-corrected chi connectivity index (χ4v) is 1.76. The van der Waals surface area contributed by atoms with Gasteiger partial charge >= 0.3 is 0 Å². The summed E-state index contributed by atoms with van der Waals surface area (Å²) in [5.74, 6) is -0.703. The molecule has 1 N–H and O–H groups in total. The van der Waals surface area contributed by atoms with Gasteiger partial charge in [0.25, 0.3) is 5.91 Å². The van der Waals surface area contributed by atoms with Crippen molar-refractivity contribution in [3.05, 3.63) is 64.9 Å². The Balaban J connectivity index is 1.72. The van der Waals surface area contributed by atoms with Crippen LogP contribution in [-0.2, 0) is 16.2 Å². The molecule has 0 spiro atoms. The van der Waals surface area contributed by atoms with Gasteiger partial charge in [0.05, 0.1) is 11.6 Å². The Kier molecular flexibility index (Phi) is 5.54. The van der Waals surface area contributed by atoms with E-state index >= 15 is 0 Å². The highest BCUT2D eigenvalue weighted by Crippen LogP contribution is 2.24. The van der Waals surface area contributed by atoms with E-state index < -0.39 is 11.7 Å². The number of carbonyl (C=O) groups excluding carboxylic acids is 1. The van der Waals surface area contributed by atoms with Crippen molar-refractivity contribution in [2.24, 2.45) is 0 Å². The van der Waals surface area contributed by atoms with Gasteiger partial charge in [-0.25, -0.2) is 9.87 Å². The normalized spacial score (nSPS) is 10.2. The largest absolute Gasteiger partial charge is 0.482 e. The molecule has 0 saturated carbocycles. The second-order valence-corrected chi connectivity index (χ2v) is 4.57. The summed E-state index contributed by atoms with van der Waals surface area (Å²) in [5.41, 5.74) is 3.18. The van der Waals surface area contributed by atoms with Gasteiger partial charge in [-0.05, 0) is 23.8 Å². The average molecular weight is 310 g/mol. The predicted molar refractivity (Wildman–Crippen MR) is 76.3 cm³/mol. The number of hydrogen-bond acceptors (Lipinski definition) is 3. The van der Waals surface area contributed by atoms with Crippen LogP contribution in [0.1, 0.15) is 5.56 Å². The molecular formula is C15H13ClFNO3. The third-order valence-electron chi connectivity index (χ3n) is 2.52. The van der Waals surface area contributed by atoms with Gasteiger partial charge in [0.2, 0.25) is 0 Å². The molecule has 1 amide bonds. The first-order valence-electron chi connectivity index (χ1n) is 6.17. The van der Waals surface area contributed by atoms with Crippen LogP contribution >= 0.6 is 11.6 Å². The molecule has 0 aliphatic rings. The summed E-state index contributed by atoms with van der Waals surface area (Å²) >= 11 is 5.77. The topological polar surface area (TPSA) is 47.6 Å². The number of halogens is 2. The van der Waals surface area contributed by atoms with E-state index in [1.54, 1.807) is 0 Å². The van der Waals surface area contributed by atoms with Crippen molar-refractivity contribution >= 4 is 17.5 Å². The first kappa shape index (κ1) is 15.3. The van der Waals surface area contributed by atoms with E-state index in [0.717, 1.165) is 11.6 Å². The minimum atomic E-state index is -0.469. The molecule has 0 aliphatic carbocycles. The van der Waals surface area contributed by atoms with Crippen molar-refractivity contribution in [1.29, 1.82) is 0 Å². The summed E-state index contributed by atoms with van der Waals surface area (Å²) in [7, 11) is 0. The van der Waals surface area contributed by atoms with Gasteiger partial charge in [-0.2, -0.15) is 0 Å². The van der Waals surface area contributed by atoms with Crippen molar-refractivity contribution in [3.63, 3.8) is 0 Å². The number of nitrogens with one attached hydrogen (secondary N) is 1. The summed E-state index contributed by atoms with van der Waals surface area (Å²) < 4.78 is 18.0. The van der Waals surface area contributed by atoms with Crippen LogP contribution in [0, 0.1) is 5.82 Å². The predicted octanol–water partition coefficient (Wildman–Crippen LogP) is 3.11. The molecule has 0 aliphatic heterocycles. The fourth-order valence-electron chi connectivity index (χ4n) is 1.54. The van der Waals surface area contributed by atoms with E-state index in [0.29, 0.717) is 0 Å². The van der Waals surface area contributed by atoms with Crippen molar-refractivity contribution in [1.82, 2.24) is 5.48 Å². The Morgan fingerprint density at radius 2 is 1.95 bits per heavy atom. The first-order valence-corrected chi connectivity index (χ1v) is 6.55. The molecule has 0 heterocycles. The number of amides is 1. The van der Waals surface area contributed by atoms with Crippen molar-refractivity contribution in [3.8, 4) is 5.75 Å². The van der Waals surface area contributed by atoms with E-state index in [1.165, 1.54) is 12.1 Å². The van der Waals surface area contributed by atoms with E-state index in [9.17, 15) is 9.18 Å². The Hall–Kier alpha value is -2.11. The summed E-state index contributed by atoms with van der Waals surface area (Å²) in [6, 6.07) is 13.1. The zero-order valence-electron chi connectivity index (χ0n) is 11.0. The maximum absolute atomic E-state index is 12.8. The monoisotopic (exact) mass is 309 g/mol. The maximum Gasteiger partial charge on any atom is 0.281 e. The zero-order valence-corrected chi connectivity index (χ0v) is 11.8. The number of hydroxylamine groups is 1. The first-order chi connectivity index (χ1) is 10.1. The molecule has 0 unspecified atom stereocenters. The van der Waals surface area contributed by atoms with Crippen LogP contribution < -0.4 is 10.2 Å². The van der Waals surface area contributed by atoms with Crippen LogP contribution in [0.3, 0.4) is 0 Å². The lowest BCUT2D eigenvalue weighted by Gasteiger charge is -2.09. The summed E-state index contributed by atoms with van der Waals surface area (Å²) in [6.07, 6.45) is 0. The zero-order chi connectivity index (χ0) is 15.1. The molecule has 0 atom stereocenters. The molecule has 2 aromatic carbocycles. The second-order valence-electron chi connectivity index (χ2n) is 4.16. The van der Waals surface area contributed by atoms with Gasteiger partial charge in [0, 0.05) is 0 Å². The highest BCUT2D eigenvalue weighted by Gasteiger charge is 2.07. The number of hydrogen-bond donors (Lipinski definition) is 1. The molecule has 0 aromatic heterocycles. The quantitative estimate of drug-likeness (QED) is 0.834.